The summed E-state index contributed by atoms with van der Waals surface area (Å²) in [6.07, 6.45) is 4.90. The van der Waals surface area contributed by atoms with Gasteiger partial charge in [-0.2, -0.15) is 0 Å². The van der Waals surface area contributed by atoms with Crippen LogP contribution in [0.15, 0.2) is 18.3 Å². The van der Waals surface area contributed by atoms with Crippen LogP contribution in [0.25, 0.3) is 0 Å². The van der Waals surface area contributed by atoms with E-state index in [1.165, 1.54) is 0 Å². The molecule has 1 fully saturated rings. The van der Waals surface area contributed by atoms with Crippen molar-refractivity contribution in [1.82, 2.24) is 10.3 Å². The van der Waals surface area contributed by atoms with E-state index in [1.807, 2.05) is 6.07 Å². The van der Waals surface area contributed by atoms with Crippen LogP contribution in [0.2, 0.25) is 5.15 Å². The zero-order valence-electron chi connectivity index (χ0n) is 9.19. The highest BCUT2D eigenvalue weighted by molar-refractivity contribution is 6.29. The summed E-state index contributed by atoms with van der Waals surface area (Å²) in [5.41, 5.74) is 1.12. The Kier molecular flexibility index (Phi) is 4.16. The van der Waals surface area contributed by atoms with Crippen LogP contribution in [0.3, 0.4) is 0 Å². The van der Waals surface area contributed by atoms with E-state index in [4.69, 9.17) is 11.6 Å². The molecule has 1 aliphatic rings. The lowest BCUT2D eigenvalue weighted by Crippen LogP contribution is -2.27. The first-order valence-electron chi connectivity index (χ1n) is 5.75. The lowest BCUT2D eigenvalue weighted by molar-refractivity contribution is 0.131. The summed E-state index contributed by atoms with van der Waals surface area (Å²) in [5.74, 6) is 0.417. The fraction of sp³-hybridized carbons (Fsp3) is 0.583. The van der Waals surface area contributed by atoms with Crippen molar-refractivity contribution < 1.29 is 5.11 Å². The summed E-state index contributed by atoms with van der Waals surface area (Å²) in [6.45, 7) is 1.66. The molecule has 0 amide bonds. The number of nitrogens with zero attached hydrogens (tertiary/aromatic N) is 1. The number of hydrogen-bond donors (Lipinski definition) is 2. The van der Waals surface area contributed by atoms with Crippen LogP contribution in [-0.2, 0) is 6.54 Å². The standard InChI is InChI=1S/C12H17ClN2O/c13-12-5-4-9(7-15-12)6-14-8-10-2-1-3-11(10)16/h4-5,7,10-11,14,16H,1-3,6,8H2. The summed E-state index contributed by atoms with van der Waals surface area (Å²) in [6, 6.07) is 3.76. The van der Waals surface area contributed by atoms with Crippen LogP contribution < -0.4 is 5.32 Å². The molecule has 3 nitrogen and oxygen atoms in total. The van der Waals surface area contributed by atoms with Crippen LogP contribution in [0.4, 0.5) is 0 Å². The molecule has 0 aliphatic heterocycles. The van der Waals surface area contributed by atoms with Gasteiger partial charge in [-0.25, -0.2) is 4.98 Å². The molecule has 0 bridgehead atoms. The highest BCUT2D eigenvalue weighted by atomic mass is 35.5. The Balaban J connectivity index is 1.73. The van der Waals surface area contributed by atoms with Gasteiger partial charge in [-0.15, -0.1) is 0 Å². The van der Waals surface area contributed by atoms with Gasteiger partial charge in [0.15, 0.2) is 0 Å². The Hall–Kier alpha value is -0.640. The molecular formula is C12H17ClN2O. The van der Waals surface area contributed by atoms with Gasteiger partial charge in [0.05, 0.1) is 6.10 Å². The molecule has 16 heavy (non-hydrogen) atoms. The Morgan fingerprint density at radius 1 is 1.44 bits per heavy atom. The monoisotopic (exact) mass is 240 g/mol. The lowest BCUT2D eigenvalue weighted by atomic mass is 10.1. The SMILES string of the molecule is OC1CCCC1CNCc1ccc(Cl)nc1. The Labute approximate surface area is 101 Å². The second kappa shape index (κ2) is 5.62. The van der Waals surface area contributed by atoms with Gasteiger partial charge in [-0.3, -0.25) is 0 Å². The van der Waals surface area contributed by atoms with Crippen LogP contribution >= 0.6 is 11.6 Å². The summed E-state index contributed by atoms with van der Waals surface area (Å²) < 4.78 is 0. The van der Waals surface area contributed by atoms with Crippen molar-refractivity contribution >= 4 is 11.6 Å². The molecule has 0 radical (unpaired) electrons. The molecule has 0 aromatic carbocycles. The van der Waals surface area contributed by atoms with Crippen molar-refractivity contribution in [2.45, 2.75) is 31.9 Å². The lowest BCUT2D eigenvalue weighted by Gasteiger charge is -2.14. The van der Waals surface area contributed by atoms with Crippen molar-refractivity contribution in [2.75, 3.05) is 6.54 Å². The van der Waals surface area contributed by atoms with Crippen molar-refractivity contribution in [3.8, 4) is 0 Å². The number of aliphatic hydroxyl groups excluding tert-OH is 1. The van der Waals surface area contributed by atoms with E-state index in [-0.39, 0.29) is 6.10 Å². The molecule has 1 aromatic heterocycles. The molecule has 0 saturated heterocycles. The van der Waals surface area contributed by atoms with Crippen LogP contribution in [0.5, 0.6) is 0 Å². The summed E-state index contributed by atoms with van der Waals surface area (Å²) in [5, 5.41) is 13.5. The molecule has 0 spiro atoms. The number of nitrogens with one attached hydrogen (secondary N) is 1. The highest BCUT2D eigenvalue weighted by Gasteiger charge is 2.24. The molecule has 2 atom stereocenters. The maximum absolute atomic E-state index is 9.65. The molecular weight excluding hydrogens is 224 g/mol. The van der Waals surface area contributed by atoms with Crippen LogP contribution in [-0.4, -0.2) is 22.7 Å². The molecule has 88 valence electrons. The fourth-order valence-electron chi connectivity index (χ4n) is 2.17. The van der Waals surface area contributed by atoms with Crippen molar-refractivity contribution in [3.63, 3.8) is 0 Å². The predicted octanol–water partition coefficient (Wildman–Crippen LogP) is 1.99. The third-order valence-electron chi connectivity index (χ3n) is 3.14. The van der Waals surface area contributed by atoms with Gasteiger partial charge in [0.1, 0.15) is 5.15 Å². The van der Waals surface area contributed by atoms with Gasteiger partial charge in [-0.05, 0) is 30.4 Å². The van der Waals surface area contributed by atoms with Gasteiger partial charge in [-0.1, -0.05) is 24.1 Å². The minimum Gasteiger partial charge on any atom is -0.393 e. The first-order valence-corrected chi connectivity index (χ1v) is 6.13. The first-order chi connectivity index (χ1) is 7.75. The van der Waals surface area contributed by atoms with E-state index < -0.39 is 0 Å². The second-order valence-electron chi connectivity index (χ2n) is 4.38. The number of aliphatic hydroxyl groups is 1. The maximum atomic E-state index is 9.65. The normalized spacial score (nSPS) is 24.9. The first kappa shape index (κ1) is 11.8. The van der Waals surface area contributed by atoms with E-state index in [1.54, 1.807) is 12.3 Å². The van der Waals surface area contributed by atoms with Gasteiger partial charge in [0.25, 0.3) is 0 Å². The number of aromatic nitrogens is 1. The zero-order chi connectivity index (χ0) is 11.4. The van der Waals surface area contributed by atoms with E-state index in [0.29, 0.717) is 11.1 Å². The third-order valence-corrected chi connectivity index (χ3v) is 3.37. The van der Waals surface area contributed by atoms with E-state index >= 15 is 0 Å². The highest BCUT2D eigenvalue weighted by Crippen LogP contribution is 2.24. The Morgan fingerprint density at radius 3 is 2.94 bits per heavy atom. The van der Waals surface area contributed by atoms with Gasteiger partial charge in [0.2, 0.25) is 0 Å². The Bertz CT molecular complexity index is 328. The molecule has 1 aromatic rings. The van der Waals surface area contributed by atoms with E-state index in [0.717, 1.165) is 37.9 Å². The topological polar surface area (TPSA) is 45.1 Å². The number of halogens is 1. The summed E-state index contributed by atoms with van der Waals surface area (Å²) in [7, 11) is 0. The van der Waals surface area contributed by atoms with Gasteiger partial charge >= 0.3 is 0 Å². The third kappa shape index (κ3) is 3.17. The second-order valence-corrected chi connectivity index (χ2v) is 4.77. The van der Waals surface area contributed by atoms with Crippen LogP contribution in [0.1, 0.15) is 24.8 Å². The van der Waals surface area contributed by atoms with Crippen molar-refractivity contribution in [1.29, 1.82) is 0 Å². The van der Waals surface area contributed by atoms with Crippen molar-refractivity contribution in [3.05, 3.63) is 29.0 Å². The average molecular weight is 241 g/mol. The van der Waals surface area contributed by atoms with Gasteiger partial charge in [0, 0.05) is 19.3 Å². The summed E-state index contributed by atoms with van der Waals surface area (Å²) in [4.78, 5) is 4.02. The molecule has 1 saturated carbocycles. The van der Waals surface area contributed by atoms with Crippen molar-refractivity contribution in [2.24, 2.45) is 5.92 Å². The number of hydrogen-bond acceptors (Lipinski definition) is 3. The molecule has 4 heteroatoms. The fourth-order valence-corrected chi connectivity index (χ4v) is 2.28. The minimum atomic E-state index is -0.115. The molecule has 2 N–H and O–H groups in total. The predicted molar refractivity (Wildman–Crippen MR) is 64.3 cm³/mol. The summed E-state index contributed by atoms with van der Waals surface area (Å²) >= 11 is 5.70. The maximum Gasteiger partial charge on any atom is 0.129 e. The molecule has 2 rings (SSSR count). The van der Waals surface area contributed by atoms with E-state index in [2.05, 4.69) is 10.3 Å². The number of pyridine rings is 1. The van der Waals surface area contributed by atoms with Crippen LogP contribution in [0, 0.1) is 5.92 Å². The van der Waals surface area contributed by atoms with Gasteiger partial charge < -0.3 is 10.4 Å². The van der Waals surface area contributed by atoms with E-state index in [9.17, 15) is 5.11 Å². The average Bonchev–Trinajstić information content (AvgIpc) is 2.68. The molecule has 1 aliphatic carbocycles. The largest absolute Gasteiger partial charge is 0.393 e. The Morgan fingerprint density at radius 2 is 2.31 bits per heavy atom. The molecule has 1 heterocycles. The quantitative estimate of drug-likeness (QED) is 0.792. The molecule has 2 unspecified atom stereocenters. The number of rotatable bonds is 4. The smallest absolute Gasteiger partial charge is 0.129 e. The zero-order valence-corrected chi connectivity index (χ0v) is 9.95. The minimum absolute atomic E-state index is 0.115.